The lowest BCUT2D eigenvalue weighted by Gasteiger charge is -2.43. The molecule has 1 aliphatic carbocycles. The van der Waals surface area contributed by atoms with Crippen molar-refractivity contribution >= 4 is 11.7 Å². The van der Waals surface area contributed by atoms with Crippen molar-refractivity contribution in [2.24, 2.45) is 11.8 Å². The Labute approximate surface area is 191 Å². The van der Waals surface area contributed by atoms with Crippen LogP contribution in [0.3, 0.4) is 0 Å². The van der Waals surface area contributed by atoms with Gasteiger partial charge in [0.15, 0.2) is 11.5 Å². The summed E-state index contributed by atoms with van der Waals surface area (Å²) < 4.78 is 53.2. The van der Waals surface area contributed by atoms with Gasteiger partial charge in [-0.3, -0.25) is 4.79 Å². The number of carbonyl (C=O) groups is 1. The second kappa shape index (κ2) is 7.47. The van der Waals surface area contributed by atoms with Crippen molar-refractivity contribution in [3.05, 3.63) is 60.1 Å². The van der Waals surface area contributed by atoms with Crippen LogP contribution in [0, 0.1) is 17.7 Å². The van der Waals surface area contributed by atoms with Crippen molar-refractivity contribution in [1.29, 1.82) is 0 Å². The summed E-state index contributed by atoms with van der Waals surface area (Å²) in [4.78, 5) is 24.0. The summed E-state index contributed by atoms with van der Waals surface area (Å²) >= 11 is 0. The van der Waals surface area contributed by atoms with E-state index in [0.717, 1.165) is 30.3 Å². The van der Waals surface area contributed by atoms with Crippen LogP contribution in [0.1, 0.15) is 35.3 Å². The van der Waals surface area contributed by atoms with E-state index >= 15 is 0 Å². The number of amides is 1. The molecule has 1 saturated carbocycles. The highest BCUT2D eigenvalue weighted by atomic mass is 19.4. The normalized spacial score (nSPS) is 27.4. The number of para-hydroxylation sites is 1. The molecule has 3 aromatic rings. The first-order valence-electron chi connectivity index (χ1n) is 11.0. The molecule has 12 heteroatoms. The number of aromatic nitrogens is 5. The molecule has 1 N–H and O–H groups in total. The Hall–Kier alpha value is -3.57. The fraction of sp³-hybridized carbons (Fsp3) is 0.409. The Morgan fingerprint density at radius 3 is 2.56 bits per heavy atom. The minimum absolute atomic E-state index is 0.00531. The summed E-state index contributed by atoms with van der Waals surface area (Å²) in [5.74, 6) is -0.0432. The first-order chi connectivity index (χ1) is 16.3. The van der Waals surface area contributed by atoms with Gasteiger partial charge in [-0.15, -0.1) is 4.80 Å². The molecule has 5 unspecified atom stereocenters. The van der Waals surface area contributed by atoms with Gasteiger partial charge in [-0.05, 0) is 43.2 Å². The minimum Gasteiger partial charge on any atom is -0.364 e. The molecule has 8 nitrogen and oxygen atoms in total. The summed E-state index contributed by atoms with van der Waals surface area (Å²) in [5, 5.41) is 11.2. The predicted molar refractivity (Wildman–Crippen MR) is 110 cm³/mol. The maximum Gasteiger partial charge on any atom is 0.434 e. The summed E-state index contributed by atoms with van der Waals surface area (Å²) in [6.07, 6.45) is 2.50. The average molecular weight is 473 g/mol. The van der Waals surface area contributed by atoms with E-state index in [1.807, 2.05) is 4.90 Å². The number of anilines is 1. The first kappa shape index (κ1) is 21.0. The van der Waals surface area contributed by atoms with E-state index in [0.29, 0.717) is 12.1 Å². The van der Waals surface area contributed by atoms with Gasteiger partial charge in [0.05, 0.1) is 36.4 Å². The van der Waals surface area contributed by atoms with Crippen LogP contribution >= 0.6 is 0 Å². The lowest BCUT2D eigenvalue weighted by molar-refractivity contribution is -0.141. The largest absolute Gasteiger partial charge is 0.434 e. The van der Waals surface area contributed by atoms with Gasteiger partial charge in [0.25, 0.3) is 5.91 Å². The molecule has 0 spiro atoms. The molecule has 1 amide bonds. The van der Waals surface area contributed by atoms with Gasteiger partial charge in [-0.1, -0.05) is 6.07 Å². The van der Waals surface area contributed by atoms with Gasteiger partial charge in [-0.2, -0.15) is 23.4 Å². The number of piperidine rings is 2. The summed E-state index contributed by atoms with van der Waals surface area (Å²) in [6.45, 7) is 0. The number of rotatable bonds is 4. The lowest BCUT2D eigenvalue weighted by Crippen LogP contribution is -2.55. The third-order valence-corrected chi connectivity index (χ3v) is 7.10. The molecule has 3 fully saturated rings. The van der Waals surface area contributed by atoms with Gasteiger partial charge in [0.1, 0.15) is 11.5 Å². The molecular weight excluding hydrogens is 454 g/mol. The predicted octanol–water partition coefficient (Wildman–Crippen LogP) is 3.32. The fourth-order valence-corrected chi connectivity index (χ4v) is 5.65. The standard InChI is InChI=1S/C22H19F4N7O/c23-14-3-1-2-12(20(14)33-29-6-7-30-33)21(34)32-16-5-4-11-13(19(11)32)8-15(16)31-18-10-27-17(9-28-18)22(24,25)26/h1-3,6-7,9-11,13,15-16,19H,4-5,8H2,(H,28,31). The number of halogens is 4. The van der Waals surface area contributed by atoms with Crippen LogP contribution in [0.5, 0.6) is 0 Å². The molecule has 4 heterocycles. The van der Waals surface area contributed by atoms with Crippen molar-refractivity contribution in [2.45, 2.75) is 43.6 Å². The average Bonchev–Trinajstić information content (AvgIpc) is 3.32. The zero-order valence-electron chi connectivity index (χ0n) is 17.7. The maximum atomic E-state index is 14.7. The third-order valence-electron chi connectivity index (χ3n) is 7.10. The van der Waals surface area contributed by atoms with E-state index in [1.165, 1.54) is 24.5 Å². The molecule has 0 radical (unpaired) electrons. The molecule has 2 saturated heterocycles. The number of hydrogen-bond acceptors (Lipinski definition) is 6. The van der Waals surface area contributed by atoms with Crippen molar-refractivity contribution in [3.8, 4) is 5.69 Å². The number of carbonyl (C=O) groups excluding carboxylic acids is 1. The number of fused-ring (bicyclic) bond motifs is 2. The SMILES string of the molecule is O=C(c1cccc(F)c1-n1nccn1)N1C2CCC3C(CC2Nc2cnc(C(F)(F)F)cn2)C31. The topological polar surface area (TPSA) is 88.8 Å². The minimum atomic E-state index is -4.56. The van der Waals surface area contributed by atoms with Crippen molar-refractivity contribution in [3.63, 3.8) is 0 Å². The molecule has 176 valence electrons. The van der Waals surface area contributed by atoms with Crippen LogP contribution in [0.4, 0.5) is 23.4 Å². The summed E-state index contributed by atoms with van der Waals surface area (Å²) in [6, 6.07) is 3.96. The van der Waals surface area contributed by atoms with Gasteiger partial charge in [0, 0.05) is 12.1 Å². The number of hydrogen-bond donors (Lipinski definition) is 1. The van der Waals surface area contributed by atoms with Gasteiger partial charge < -0.3 is 10.2 Å². The first-order valence-corrected chi connectivity index (χ1v) is 11.0. The van der Waals surface area contributed by atoms with E-state index in [2.05, 4.69) is 25.5 Å². The number of benzene rings is 1. The second-order valence-corrected chi connectivity index (χ2v) is 8.90. The zero-order valence-corrected chi connectivity index (χ0v) is 17.7. The Kier molecular flexibility index (Phi) is 4.61. The smallest absolute Gasteiger partial charge is 0.364 e. The van der Waals surface area contributed by atoms with Crippen molar-refractivity contribution in [2.75, 3.05) is 5.32 Å². The van der Waals surface area contributed by atoms with Crippen LogP contribution in [0.15, 0.2) is 43.0 Å². The van der Waals surface area contributed by atoms with E-state index < -0.39 is 17.7 Å². The van der Waals surface area contributed by atoms with Crippen LogP contribution in [-0.2, 0) is 6.18 Å². The van der Waals surface area contributed by atoms with Gasteiger partial charge in [-0.25, -0.2) is 14.4 Å². The maximum absolute atomic E-state index is 14.7. The molecule has 3 aliphatic rings. The molecule has 5 atom stereocenters. The van der Waals surface area contributed by atoms with Gasteiger partial charge >= 0.3 is 6.18 Å². The van der Waals surface area contributed by atoms with Crippen LogP contribution in [0.2, 0.25) is 0 Å². The highest BCUT2D eigenvalue weighted by Crippen LogP contribution is 2.58. The van der Waals surface area contributed by atoms with Gasteiger partial charge in [0.2, 0.25) is 0 Å². The summed E-state index contributed by atoms with van der Waals surface area (Å²) in [7, 11) is 0. The number of nitrogens with zero attached hydrogens (tertiary/aromatic N) is 6. The van der Waals surface area contributed by atoms with Crippen LogP contribution < -0.4 is 5.32 Å². The van der Waals surface area contributed by atoms with E-state index in [1.54, 1.807) is 6.07 Å². The fourth-order valence-electron chi connectivity index (χ4n) is 5.65. The molecule has 2 bridgehead atoms. The Morgan fingerprint density at radius 2 is 1.85 bits per heavy atom. The molecule has 6 rings (SSSR count). The van der Waals surface area contributed by atoms with E-state index in [9.17, 15) is 22.4 Å². The van der Waals surface area contributed by atoms with Crippen molar-refractivity contribution < 1.29 is 22.4 Å². The highest BCUT2D eigenvalue weighted by molar-refractivity contribution is 5.98. The lowest BCUT2D eigenvalue weighted by atomic mass is 9.91. The third kappa shape index (κ3) is 3.31. The van der Waals surface area contributed by atoms with Crippen molar-refractivity contribution in [1.82, 2.24) is 29.9 Å². The Morgan fingerprint density at radius 1 is 1.06 bits per heavy atom. The molecule has 2 aliphatic heterocycles. The second-order valence-electron chi connectivity index (χ2n) is 8.90. The zero-order chi connectivity index (χ0) is 23.6. The van der Waals surface area contributed by atoms with E-state index in [4.69, 9.17) is 0 Å². The summed E-state index contributed by atoms with van der Waals surface area (Å²) in [5.41, 5.74) is -0.899. The monoisotopic (exact) mass is 473 g/mol. The van der Waals surface area contributed by atoms with Crippen LogP contribution in [-0.4, -0.2) is 53.9 Å². The van der Waals surface area contributed by atoms with E-state index in [-0.39, 0.29) is 47.0 Å². The number of alkyl halides is 3. The highest BCUT2D eigenvalue weighted by Gasteiger charge is 2.64. The Bertz CT molecular complexity index is 1230. The quantitative estimate of drug-likeness (QED) is 0.585. The molecule has 1 aromatic carbocycles. The Balaban J connectivity index is 1.30. The molecule has 34 heavy (non-hydrogen) atoms. The molecule has 2 aromatic heterocycles. The van der Waals surface area contributed by atoms with Crippen LogP contribution in [0.25, 0.3) is 5.69 Å². The molecular formula is C22H19F4N7O. The number of nitrogens with one attached hydrogen (secondary N) is 1.